The molecule has 1 aromatic heterocycles. The number of aromatic nitrogens is 1. The number of carbonyl (C=O) groups is 1. The van der Waals surface area contributed by atoms with E-state index < -0.39 is 10.0 Å². The molecule has 2 heterocycles. The van der Waals surface area contributed by atoms with E-state index in [-0.39, 0.29) is 10.8 Å². The van der Waals surface area contributed by atoms with Crippen LogP contribution < -0.4 is 4.80 Å². The average molecular weight is 458 g/mol. The van der Waals surface area contributed by atoms with Crippen LogP contribution in [0.2, 0.25) is 0 Å². The van der Waals surface area contributed by atoms with Gasteiger partial charge in [-0.25, -0.2) is 8.42 Å². The molecule has 8 heteroatoms. The van der Waals surface area contributed by atoms with Gasteiger partial charge < -0.3 is 4.57 Å². The summed E-state index contributed by atoms with van der Waals surface area (Å²) in [6.07, 6.45) is 1.93. The highest BCUT2D eigenvalue weighted by atomic mass is 32.2. The van der Waals surface area contributed by atoms with E-state index in [4.69, 9.17) is 0 Å². The van der Waals surface area contributed by atoms with Crippen LogP contribution in [0.4, 0.5) is 0 Å². The molecule has 0 bridgehead atoms. The van der Waals surface area contributed by atoms with Gasteiger partial charge in [0.05, 0.1) is 15.1 Å². The maximum atomic E-state index is 12.9. The smallest absolute Gasteiger partial charge is 0.279 e. The molecule has 1 amide bonds. The molecule has 6 nitrogen and oxygen atoms in total. The summed E-state index contributed by atoms with van der Waals surface area (Å²) in [5.74, 6) is -0.0234. The van der Waals surface area contributed by atoms with Crippen LogP contribution in [-0.4, -0.2) is 36.3 Å². The third-order valence-electron chi connectivity index (χ3n) is 6.04. The molecule has 1 aliphatic rings. The Bertz CT molecular complexity index is 1320. The van der Waals surface area contributed by atoms with Gasteiger partial charge in [0.15, 0.2) is 4.80 Å². The molecule has 1 atom stereocenters. The largest absolute Gasteiger partial charge is 0.319 e. The number of benzene rings is 2. The van der Waals surface area contributed by atoms with Crippen LogP contribution in [0, 0.1) is 19.8 Å². The molecule has 4 rings (SSSR count). The van der Waals surface area contributed by atoms with E-state index in [1.54, 1.807) is 16.4 Å². The predicted octanol–water partition coefficient (Wildman–Crippen LogP) is 4.02. The summed E-state index contributed by atoms with van der Waals surface area (Å²) in [7, 11) is -1.63. The van der Waals surface area contributed by atoms with Crippen LogP contribution in [0.1, 0.15) is 41.3 Å². The highest BCUT2D eigenvalue weighted by molar-refractivity contribution is 7.89. The van der Waals surface area contributed by atoms with Crippen molar-refractivity contribution in [3.63, 3.8) is 0 Å². The first-order valence-corrected chi connectivity index (χ1v) is 12.7. The van der Waals surface area contributed by atoms with Gasteiger partial charge in [0.25, 0.3) is 5.91 Å². The van der Waals surface area contributed by atoms with Gasteiger partial charge in [-0.05, 0) is 74.1 Å². The van der Waals surface area contributed by atoms with Gasteiger partial charge in [0.1, 0.15) is 0 Å². The lowest BCUT2D eigenvalue weighted by molar-refractivity contribution is 0.0998. The van der Waals surface area contributed by atoms with Crippen LogP contribution >= 0.6 is 11.3 Å². The number of amides is 1. The molecular formula is C23H27N3O3S2. The zero-order valence-corrected chi connectivity index (χ0v) is 19.9. The van der Waals surface area contributed by atoms with Crippen molar-refractivity contribution in [1.29, 1.82) is 0 Å². The quantitative estimate of drug-likeness (QED) is 0.596. The number of piperidine rings is 1. The molecule has 1 unspecified atom stereocenters. The zero-order valence-electron chi connectivity index (χ0n) is 18.3. The van der Waals surface area contributed by atoms with Gasteiger partial charge in [-0.3, -0.25) is 4.79 Å². The summed E-state index contributed by atoms with van der Waals surface area (Å²) >= 11 is 1.47. The van der Waals surface area contributed by atoms with E-state index in [0.29, 0.717) is 29.4 Å². The van der Waals surface area contributed by atoms with Gasteiger partial charge >= 0.3 is 0 Å². The summed E-state index contributed by atoms with van der Waals surface area (Å²) < 4.78 is 30.4. The number of sulfonamides is 1. The Morgan fingerprint density at radius 3 is 2.52 bits per heavy atom. The van der Waals surface area contributed by atoms with E-state index in [2.05, 4.69) is 31.8 Å². The molecule has 0 spiro atoms. The van der Waals surface area contributed by atoms with Gasteiger partial charge in [-0.15, -0.1) is 0 Å². The van der Waals surface area contributed by atoms with Crippen LogP contribution in [-0.2, 0) is 17.1 Å². The van der Waals surface area contributed by atoms with Crippen LogP contribution in [0.15, 0.2) is 46.3 Å². The summed E-state index contributed by atoms with van der Waals surface area (Å²) in [6.45, 7) is 7.29. The van der Waals surface area contributed by atoms with E-state index in [1.807, 2.05) is 17.7 Å². The number of rotatable bonds is 3. The third-order valence-corrected chi connectivity index (χ3v) is 9.02. The third kappa shape index (κ3) is 4.12. The fraction of sp³-hybridized carbons (Fsp3) is 0.391. The molecule has 31 heavy (non-hydrogen) atoms. The maximum absolute atomic E-state index is 12.9. The lowest BCUT2D eigenvalue weighted by Gasteiger charge is -2.30. The topological polar surface area (TPSA) is 71.7 Å². The molecule has 164 valence electrons. The molecule has 0 radical (unpaired) electrons. The lowest BCUT2D eigenvalue weighted by Crippen LogP contribution is -2.39. The Hall–Kier alpha value is -2.29. The fourth-order valence-electron chi connectivity index (χ4n) is 4.07. The summed E-state index contributed by atoms with van der Waals surface area (Å²) in [4.78, 5) is 17.9. The number of nitrogens with zero attached hydrogens (tertiary/aromatic N) is 3. The second-order valence-electron chi connectivity index (χ2n) is 8.35. The predicted molar refractivity (Wildman–Crippen MR) is 124 cm³/mol. The Balaban J connectivity index is 1.63. The zero-order chi connectivity index (χ0) is 22.3. The number of fused-ring (bicyclic) bond motifs is 1. The molecule has 2 aromatic carbocycles. The minimum atomic E-state index is -3.54. The first-order valence-electron chi connectivity index (χ1n) is 10.4. The van der Waals surface area contributed by atoms with Crippen LogP contribution in [0.5, 0.6) is 0 Å². The minimum Gasteiger partial charge on any atom is -0.319 e. The molecule has 0 aliphatic carbocycles. The number of thiazole rings is 1. The second-order valence-corrected chi connectivity index (χ2v) is 11.3. The van der Waals surface area contributed by atoms with Gasteiger partial charge in [0.2, 0.25) is 10.0 Å². The van der Waals surface area contributed by atoms with Crippen molar-refractivity contribution < 1.29 is 13.2 Å². The maximum Gasteiger partial charge on any atom is 0.279 e. The highest BCUT2D eigenvalue weighted by Gasteiger charge is 2.28. The number of hydrogen-bond acceptors (Lipinski definition) is 4. The monoisotopic (exact) mass is 457 g/mol. The molecule has 0 saturated carbocycles. The molecular weight excluding hydrogens is 430 g/mol. The molecule has 1 fully saturated rings. The molecule has 0 N–H and O–H groups in total. The van der Waals surface area contributed by atoms with Crippen molar-refractivity contribution in [3.8, 4) is 0 Å². The van der Waals surface area contributed by atoms with E-state index in [9.17, 15) is 13.2 Å². The SMILES string of the molecule is Cc1ccc2sc(=NC(=O)c3ccc(S(=O)(=O)N4CCCC(C)C4)cc3)n(C)c2c1C. The van der Waals surface area contributed by atoms with E-state index in [0.717, 1.165) is 23.1 Å². The van der Waals surface area contributed by atoms with Crippen molar-refractivity contribution in [3.05, 3.63) is 57.9 Å². The number of hydrogen-bond donors (Lipinski definition) is 0. The van der Waals surface area contributed by atoms with E-state index in [1.165, 1.54) is 34.6 Å². The number of aryl methyl sites for hydroxylation is 3. The first kappa shape index (κ1) is 21.9. The van der Waals surface area contributed by atoms with Crippen molar-refractivity contribution in [2.75, 3.05) is 13.1 Å². The van der Waals surface area contributed by atoms with Gasteiger partial charge in [-0.1, -0.05) is 24.3 Å². The first-order chi connectivity index (χ1) is 14.7. The van der Waals surface area contributed by atoms with Crippen molar-refractivity contribution >= 4 is 37.5 Å². The summed E-state index contributed by atoms with van der Waals surface area (Å²) in [6, 6.07) is 10.2. The highest BCUT2D eigenvalue weighted by Crippen LogP contribution is 2.25. The standard InChI is InChI=1S/C23H27N3O3S2/c1-15-6-5-13-26(14-15)31(28,29)19-10-8-18(9-11-19)22(27)24-23-25(4)21-17(3)16(2)7-12-20(21)30-23/h7-12,15H,5-6,13-14H2,1-4H3. The van der Waals surface area contributed by atoms with Crippen molar-refractivity contribution in [2.24, 2.45) is 18.0 Å². The number of carbonyl (C=O) groups excluding carboxylic acids is 1. The second kappa shape index (κ2) is 8.33. The van der Waals surface area contributed by atoms with Crippen LogP contribution in [0.3, 0.4) is 0 Å². The van der Waals surface area contributed by atoms with Gasteiger partial charge in [-0.2, -0.15) is 9.30 Å². The normalized spacial score (nSPS) is 18.6. The Kier molecular flexibility index (Phi) is 5.89. The van der Waals surface area contributed by atoms with Crippen molar-refractivity contribution in [2.45, 2.75) is 38.5 Å². The van der Waals surface area contributed by atoms with Crippen LogP contribution in [0.25, 0.3) is 10.2 Å². The lowest BCUT2D eigenvalue weighted by atomic mass is 10.0. The minimum absolute atomic E-state index is 0.219. The van der Waals surface area contributed by atoms with Gasteiger partial charge in [0, 0.05) is 25.7 Å². The Morgan fingerprint density at radius 2 is 1.84 bits per heavy atom. The summed E-state index contributed by atoms with van der Waals surface area (Å²) in [5, 5.41) is 0. The Labute approximate surface area is 186 Å². The fourth-order valence-corrected chi connectivity index (χ4v) is 6.74. The average Bonchev–Trinajstić information content (AvgIpc) is 3.06. The molecule has 1 saturated heterocycles. The molecule has 1 aliphatic heterocycles. The van der Waals surface area contributed by atoms with Crippen molar-refractivity contribution in [1.82, 2.24) is 8.87 Å². The Morgan fingerprint density at radius 1 is 1.13 bits per heavy atom. The summed E-state index contributed by atoms with van der Waals surface area (Å²) in [5.41, 5.74) is 3.82. The van der Waals surface area contributed by atoms with E-state index >= 15 is 0 Å². The molecule has 3 aromatic rings.